The van der Waals surface area contributed by atoms with Gasteiger partial charge in [0.2, 0.25) is 0 Å². The number of aliphatic hydroxyl groups is 1. The van der Waals surface area contributed by atoms with E-state index in [9.17, 15) is 5.11 Å². The summed E-state index contributed by atoms with van der Waals surface area (Å²) in [4.78, 5) is 5.53. The van der Waals surface area contributed by atoms with Crippen molar-refractivity contribution in [2.24, 2.45) is 0 Å². The zero-order chi connectivity index (χ0) is 14.8. The third kappa shape index (κ3) is 3.12. The predicted molar refractivity (Wildman–Crippen MR) is 75.5 cm³/mol. The molecule has 4 atom stereocenters. The summed E-state index contributed by atoms with van der Waals surface area (Å²) in [6.45, 7) is 3.64. The van der Waals surface area contributed by atoms with Crippen LogP contribution in [0.25, 0.3) is 0 Å². The molecule has 0 aromatic heterocycles. The number of hydroxylamine groups is 1. The van der Waals surface area contributed by atoms with Crippen LogP contribution >= 0.6 is 0 Å². The van der Waals surface area contributed by atoms with E-state index in [0.717, 1.165) is 11.3 Å². The number of hydrogen-bond acceptors (Lipinski definition) is 5. The van der Waals surface area contributed by atoms with Crippen LogP contribution in [0.5, 0.6) is 5.75 Å². The molecule has 0 spiro atoms. The Bertz CT molecular complexity index is 434. The molecular weight excluding hydrogens is 258 g/mol. The summed E-state index contributed by atoms with van der Waals surface area (Å²) < 4.78 is 10.6. The number of nitrogens with one attached hydrogen (secondary N) is 1. The fourth-order valence-corrected chi connectivity index (χ4v) is 2.58. The van der Waals surface area contributed by atoms with Gasteiger partial charge in [-0.15, -0.1) is 0 Å². The minimum atomic E-state index is -0.698. The summed E-state index contributed by atoms with van der Waals surface area (Å²) in [6, 6.07) is 7.71. The molecule has 0 radical (unpaired) electrons. The lowest BCUT2D eigenvalue weighted by atomic mass is 9.83. The molecule has 2 rings (SSSR count). The first-order valence-electron chi connectivity index (χ1n) is 6.80. The number of ether oxygens (including phenoxy) is 2. The second-order valence-corrected chi connectivity index (χ2v) is 5.41. The van der Waals surface area contributed by atoms with Crippen LogP contribution in [0, 0.1) is 0 Å². The lowest BCUT2D eigenvalue weighted by Crippen LogP contribution is -2.55. The molecule has 1 saturated heterocycles. The minimum absolute atomic E-state index is 0.0969. The Morgan fingerprint density at radius 3 is 2.50 bits per heavy atom. The summed E-state index contributed by atoms with van der Waals surface area (Å²) >= 11 is 0. The van der Waals surface area contributed by atoms with Gasteiger partial charge in [-0.1, -0.05) is 12.1 Å². The maximum atomic E-state index is 9.94. The van der Waals surface area contributed by atoms with E-state index in [1.54, 1.807) is 21.1 Å². The van der Waals surface area contributed by atoms with Crippen LogP contribution in [0.1, 0.15) is 31.7 Å². The van der Waals surface area contributed by atoms with Gasteiger partial charge in [-0.3, -0.25) is 4.84 Å². The van der Waals surface area contributed by atoms with Crippen molar-refractivity contribution in [3.05, 3.63) is 29.8 Å². The number of aliphatic hydroxyl groups excluding tert-OH is 1. The molecule has 0 aliphatic carbocycles. The molecule has 1 aromatic carbocycles. The van der Waals surface area contributed by atoms with Gasteiger partial charge in [0.15, 0.2) is 5.79 Å². The van der Waals surface area contributed by atoms with Crippen LogP contribution in [-0.2, 0) is 9.57 Å². The van der Waals surface area contributed by atoms with E-state index < -0.39 is 11.9 Å². The number of benzene rings is 1. The van der Waals surface area contributed by atoms with E-state index in [0.29, 0.717) is 6.42 Å². The van der Waals surface area contributed by atoms with E-state index in [1.165, 1.54) is 0 Å². The van der Waals surface area contributed by atoms with Crippen LogP contribution in [0.15, 0.2) is 24.3 Å². The van der Waals surface area contributed by atoms with Gasteiger partial charge < -0.3 is 14.6 Å². The Kier molecular flexibility index (Phi) is 4.65. The molecule has 5 heteroatoms. The zero-order valence-electron chi connectivity index (χ0n) is 12.4. The van der Waals surface area contributed by atoms with Crippen LogP contribution < -0.4 is 10.2 Å². The number of hydrogen-bond donors (Lipinski definition) is 2. The van der Waals surface area contributed by atoms with E-state index >= 15 is 0 Å². The summed E-state index contributed by atoms with van der Waals surface area (Å²) in [5.41, 5.74) is 4.05. The first-order valence-corrected chi connectivity index (χ1v) is 6.80. The van der Waals surface area contributed by atoms with Gasteiger partial charge in [0, 0.05) is 19.4 Å². The van der Waals surface area contributed by atoms with Crippen LogP contribution in [0.3, 0.4) is 0 Å². The Balaban J connectivity index is 2.26. The van der Waals surface area contributed by atoms with Gasteiger partial charge in [-0.2, -0.15) is 5.48 Å². The van der Waals surface area contributed by atoms with Crippen molar-refractivity contribution in [3.8, 4) is 5.75 Å². The van der Waals surface area contributed by atoms with Crippen LogP contribution in [0.4, 0.5) is 0 Å². The fraction of sp³-hybridized carbons (Fsp3) is 0.600. The second kappa shape index (κ2) is 6.10. The fourth-order valence-electron chi connectivity index (χ4n) is 2.58. The van der Waals surface area contributed by atoms with E-state index in [2.05, 4.69) is 5.48 Å². The monoisotopic (exact) mass is 281 g/mol. The van der Waals surface area contributed by atoms with Gasteiger partial charge in [-0.05, 0) is 31.5 Å². The number of methoxy groups -OCH3 is 2. The highest BCUT2D eigenvalue weighted by molar-refractivity contribution is 5.31. The SMILES string of the molecule is COc1ccc([C@@H]2C[C@@](C)(OC)ON[C@H]2[C@@H](C)O)cc1. The molecule has 0 saturated carbocycles. The van der Waals surface area contributed by atoms with Crippen molar-refractivity contribution in [2.45, 2.75) is 44.1 Å². The van der Waals surface area contributed by atoms with Crippen molar-refractivity contribution in [1.29, 1.82) is 0 Å². The number of rotatable bonds is 4. The predicted octanol–water partition coefficient (Wildman–Crippen LogP) is 1.82. The largest absolute Gasteiger partial charge is 0.497 e. The molecule has 20 heavy (non-hydrogen) atoms. The summed E-state index contributed by atoms with van der Waals surface area (Å²) in [5.74, 6) is 0.215. The molecule has 1 fully saturated rings. The summed E-state index contributed by atoms with van der Waals surface area (Å²) in [6.07, 6.45) is 0.141. The average Bonchev–Trinajstić information content (AvgIpc) is 2.47. The average molecular weight is 281 g/mol. The first kappa shape index (κ1) is 15.3. The standard InChI is InChI=1S/C15H23NO4/c1-10(17)14-13(9-15(2,19-4)20-16-14)11-5-7-12(18-3)8-6-11/h5-8,10,13-14,16-17H,9H2,1-4H3/t10-,13+,14+,15+/m1/s1. The van der Waals surface area contributed by atoms with Crippen molar-refractivity contribution >= 4 is 0 Å². The first-order chi connectivity index (χ1) is 9.49. The summed E-state index contributed by atoms with van der Waals surface area (Å²) in [5, 5.41) is 9.94. The van der Waals surface area contributed by atoms with Gasteiger partial charge in [-0.25, -0.2) is 0 Å². The topological polar surface area (TPSA) is 60.0 Å². The molecule has 112 valence electrons. The third-order valence-corrected chi connectivity index (χ3v) is 3.93. The van der Waals surface area contributed by atoms with E-state index in [-0.39, 0.29) is 12.0 Å². The maximum Gasteiger partial charge on any atom is 0.185 e. The Morgan fingerprint density at radius 1 is 1.35 bits per heavy atom. The molecule has 1 aliphatic heterocycles. The highest BCUT2D eigenvalue weighted by Crippen LogP contribution is 2.36. The van der Waals surface area contributed by atoms with Crippen LogP contribution in [0.2, 0.25) is 0 Å². The summed E-state index contributed by atoms with van der Waals surface area (Å²) in [7, 11) is 3.26. The van der Waals surface area contributed by atoms with E-state index in [4.69, 9.17) is 14.3 Å². The molecule has 1 aromatic rings. The van der Waals surface area contributed by atoms with Gasteiger partial charge in [0.05, 0.1) is 19.3 Å². The molecular formula is C15H23NO4. The van der Waals surface area contributed by atoms with Crippen molar-refractivity contribution < 1.29 is 19.4 Å². The zero-order valence-corrected chi connectivity index (χ0v) is 12.4. The van der Waals surface area contributed by atoms with Crippen molar-refractivity contribution in [1.82, 2.24) is 5.48 Å². The van der Waals surface area contributed by atoms with Crippen molar-refractivity contribution in [2.75, 3.05) is 14.2 Å². The molecule has 1 heterocycles. The lowest BCUT2D eigenvalue weighted by molar-refractivity contribution is -0.284. The van der Waals surface area contributed by atoms with E-state index in [1.807, 2.05) is 31.2 Å². The molecule has 0 unspecified atom stereocenters. The van der Waals surface area contributed by atoms with Crippen LogP contribution in [-0.4, -0.2) is 37.3 Å². The Hall–Kier alpha value is -1.14. The van der Waals surface area contributed by atoms with Gasteiger partial charge in [0.1, 0.15) is 5.75 Å². The highest BCUT2D eigenvalue weighted by Gasteiger charge is 2.41. The highest BCUT2D eigenvalue weighted by atomic mass is 16.8. The molecule has 0 amide bonds. The molecule has 0 bridgehead atoms. The Labute approximate surface area is 119 Å². The third-order valence-electron chi connectivity index (χ3n) is 3.93. The smallest absolute Gasteiger partial charge is 0.185 e. The van der Waals surface area contributed by atoms with Gasteiger partial charge in [0.25, 0.3) is 0 Å². The second-order valence-electron chi connectivity index (χ2n) is 5.41. The normalized spacial score (nSPS) is 31.9. The Morgan fingerprint density at radius 2 is 2.00 bits per heavy atom. The molecule has 5 nitrogen and oxygen atoms in total. The van der Waals surface area contributed by atoms with Gasteiger partial charge >= 0.3 is 0 Å². The lowest BCUT2D eigenvalue weighted by Gasteiger charge is -2.43. The molecule has 1 aliphatic rings. The van der Waals surface area contributed by atoms with Crippen molar-refractivity contribution in [3.63, 3.8) is 0 Å². The minimum Gasteiger partial charge on any atom is -0.497 e. The molecule has 2 N–H and O–H groups in total. The maximum absolute atomic E-state index is 9.94. The quantitative estimate of drug-likeness (QED) is 0.881.